The molecule has 0 spiro atoms. The normalized spacial score (nSPS) is 11.2. The van der Waals surface area contributed by atoms with Crippen LogP contribution < -0.4 is 14.9 Å². The molecule has 0 aliphatic rings. The summed E-state index contributed by atoms with van der Waals surface area (Å²) in [5.41, 5.74) is 8.28. The van der Waals surface area contributed by atoms with Crippen LogP contribution in [0.5, 0.6) is 0 Å². The lowest BCUT2D eigenvalue weighted by atomic mass is 10.1. The maximum absolute atomic E-state index is 13.2. The molecule has 12 heteroatoms. The fourth-order valence-corrected chi connectivity index (χ4v) is 5.48. The topological polar surface area (TPSA) is 119 Å². The summed E-state index contributed by atoms with van der Waals surface area (Å²) in [5.74, 6) is 0.615. The molecule has 0 bridgehead atoms. The highest BCUT2D eigenvalue weighted by molar-refractivity contribution is 7.92. The Morgan fingerprint density at radius 3 is 2.16 bits per heavy atom. The maximum atomic E-state index is 13.2. The molecule has 0 saturated carbocycles. The summed E-state index contributed by atoms with van der Waals surface area (Å²) in [7, 11) is -4.00. The first-order valence-electron chi connectivity index (χ1n) is 12.1. The number of sulfonamides is 1. The first-order valence-corrected chi connectivity index (χ1v) is 14.6. The van der Waals surface area contributed by atoms with Crippen molar-refractivity contribution in [3.63, 3.8) is 0 Å². The Labute approximate surface area is 233 Å². The van der Waals surface area contributed by atoms with Gasteiger partial charge in [0.15, 0.2) is 0 Å². The van der Waals surface area contributed by atoms with Gasteiger partial charge in [0.05, 0.1) is 11.4 Å². The molecule has 1 heterocycles. The number of esters is 1. The van der Waals surface area contributed by atoms with E-state index in [-0.39, 0.29) is 30.4 Å². The van der Waals surface area contributed by atoms with E-state index in [2.05, 4.69) is 14.9 Å². The molecular formula is C26H31Cl2N5O4S. The SMILES string of the molecule is Nc1ccc(S(=O)(=O)N(CCOC(=O)CCCc2ccc(N(CCCl)CCCl)cc2)c2ncccn2)cc1. The van der Waals surface area contributed by atoms with Crippen LogP contribution in [0.25, 0.3) is 0 Å². The van der Waals surface area contributed by atoms with E-state index in [1.54, 1.807) is 6.07 Å². The van der Waals surface area contributed by atoms with Gasteiger partial charge in [-0.3, -0.25) is 4.79 Å². The van der Waals surface area contributed by atoms with Crippen molar-refractivity contribution in [3.05, 3.63) is 72.6 Å². The number of hydrogen-bond donors (Lipinski definition) is 1. The largest absolute Gasteiger partial charge is 0.464 e. The number of rotatable bonds is 15. The molecule has 3 rings (SSSR count). The van der Waals surface area contributed by atoms with E-state index in [1.165, 1.54) is 36.7 Å². The van der Waals surface area contributed by atoms with E-state index in [0.717, 1.165) is 15.6 Å². The molecule has 0 atom stereocenters. The van der Waals surface area contributed by atoms with Crippen LogP contribution in [0.1, 0.15) is 18.4 Å². The van der Waals surface area contributed by atoms with Crippen molar-refractivity contribution in [3.8, 4) is 0 Å². The highest BCUT2D eigenvalue weighted by Crippen LogP contribution is 2.21. The maximum Gasteiger partial charge on any atom is 0.305 e. The van der Waals surface area contributed by atoms with Gasteiger partial charge in [-0.05, 0) is 60.9 Å². The third-order valence-electron chi connectivity index (χ3n) is 5.66. The molecule has 0 aliphatic heterocycles. The minimum Gasteiger partial charge on any atom is -0.464 e. The Balaban J connectivity index is 1.52. The Bertz CT molecular complexity index is 1240. The lowest BCUT2D eigenvalue weighted by Crippen LogP contribution is -2.35. The van der Waals surface area contributed by atoms with Gasteiger partial charge in [0.1, 0.15) is 6.61 Å². The zero-order valence-electron chi connectivity index (χ0n) is 20.9. The minimum atomic E-state index is -4.00. The number of carbonyl (C=O) groups is 1. The molecule has 9 nitrogen and oxygen atoms in total. The fourth-order valence-electron chi connectivity index (χ4n) is 3.71. The number of aromatic nitrogens is 2. The highest BCUT2D eigenvalue weighted by Gasteiger charge is 2.27. The first kappa shape index (κ1) is 29.5. The molecule has 0 aliphatic carbocycles. The summed E-state index contributed by atoms with van der Waals surface area (Å²) in [6.07, 6.45) is 4.40. The lowest BCUT2D eigenvalue weighted by molar-refractivity contribution is -0.143. The molecule has 0 radical (unpaired) electrons. The van der Waals surface area contributed by atoms with Gasteiger partial charge >= 0.3 is 5.97 Å². The number of alkyl halides is 2. The molecule has 3 aromatic rings. The Morgan fingerprint density at radius 2 is 1.55 bits per heavy atom. The Hall–Kier alpha value is -3.08. The second-order valence-electron chi connectivity index (χ2n) is 8.30. The lowest BCUT2D eigenvalue weighted by Gasteiger charge is -2.23. The number of hydrogen-bond acceptors (Lipinski definition) is 8. The van der Waals surface area contributed by atoms with Gasteiger partial charge in [-0.15, -0.1) is 23.2 Å². The molecule has 0 saturated heterocycles. The molecule has 2 N–H and O–H groups in total. The molecule has 2 aromatic carbocycles. The van der Waals surface area contributed by atoms with E-state index in [9.17, 15) is 13.2 Å². The number of carbonyl (C=O) groups excluding carboxylic acids is 1. The predicted octanol–water partition coefficient (Wildman–Crippen LogP) is 4.10. The van der Waals surface area contributed by atoms with Crippen molar-refractivity contribution in [2.45, 2.75) is 24.2 Å². The zero-order chi connectivity index (χ0) is 27.4. The monoisotopic (exact) mass is 579 g/mol. The average Bonchev–Trinajstić information content (AvgIpc) is 2.92. The number of nitrogen functional groups attached to an aromatic ring is 1. The van der Waals surface area contributed by atoms with Crippen LogP contribution in [-0.4, -0.2) is 62.4 Å². The second kappa shape index (κ2) is 14.8. The van der Waals surface area contributed by atoms with Gasteiger partial charge < -0.3 is 15.4 Å². The van der Waals surface area contributed by atoms with Crippen LogP contribution in [0.4, 0.5) is 17.3 Å². The Kier molecular flexibility index (Phi) is 11.4. The molecule has 0 amide bonds. The van der Waals surface area contributed by atoms with E-state index in [1.807, 2.05) is 24.3 Å². The smallest absolute Gasteiger partial charge is 0.305 e. The number of nitrogens with two attached hydrogens (primary N) is 1. The first-order chi connectivity index (χ1) is 18.3. The minimum absolute atomic E-state index is 0.0144. The van der Waals surface area contributed by atoms with Gasteiger partial charge in [0, 0.05) is 55.0 Å². The van der Waals surface area contributed by atoms with Crippen molar-refractivity contribution in [2.75, 3.05) is 52.9 Å². The molecular weight excluding hydrogens is 549 g/mol. The molecule has 0 unspecified atom stereocenters. The van der Waals surface area contributed by atoms with Gasteiger partial charge in [-0.25, -0.2) is 22.7 Å². The molecule has 0 fully saturated rings. The van der Waals surface area contributed by atoms with Crippen molar-refractivity contribution >= 4 is 56.5 Å². The third kappa shape index (κ3) is 8.47. The number of halogens is 2. The molecule has 38 heavy (non-hydrogen) atoms. The van der Waals surface area contributed by atoms with Crippen LogP contribution in [0, 0.1) is 0 Å². The summed E-state index contributed by atoms with van der Waals surface area (Å²) >= 11 is 11.8. The van der Waals surface area contributed by atoms with Crippen molar-refractivity contribution in [1.29, 1.82) is 0 Å². The average molecular weight is 581 g/mol. The van der Waals surface area contributed by atoms with Crippen molar-refractivity contribution < 1.29 is 17.9 Å². The summed E-state index contributed by atoms with van der Waals surface area (Å²) in [4.78, 5) is 22.6. The fraction of sp³-hybridized carbons (Fsp3) is 0.346. The highest BCUT2D eigenvalue weighted by atomic mass is 35.5. The van der Waals surface area contributed by atoms with Gasteiger partial charge in [0.25, 0.3) is 10.0 Å². The van der Waals surface area contributed by atoms with Crippen LogP contribution in [0.15, 0.2) is 71.9 Å². The number of anilines is 3. The quantitative estimate of drug-likeness (QED) is 0.162. The summed E-state index contributed by atoms with van der Waals surface area (Å²) in [6.45, 7) is 1.16. The number of ether oxygens (including phenoxy) is 1. The van der Waals surface area contributed by atoms with E-state index < -0.39 is 16.0 Å². The van der Waals surface area contributed by atoms with Crippen LogP contribution in [0.3, 0.4) is 0 Å². The van der Waals surface area contributed by atoms with Crippen molar-refractivity contribution in [1.82, 2.24) is 9.97 Å². The summed E-state index contributed by atoms with van der Waals surface area (Å²) in [6, 6.07) is 15.5. The Morgan fingerprint density at radius 1 is 0.921 bits per heavy atom. The zero-order valence-corrected chi connectivity index (χ0v) is 23.2. The predicted molar refractivity (Wildman–Crippen MR) is 151 cm³/mol. The third-order valence-corrected chi connectivity index (χ3v) is 7.79. The van der Waals surface area contributed by atoms with Crippen LogP contribution >= 0.6 is 23.2 Å². The number of nitrogens with zero attached hydrogens (tertiary/aromatic N) is 4. The van der Waals surface area contributed by atoms with Gasteiger partial charge in [0.2, 0.25) is 5.95 Å². The van der Waals surface area contributed by atoms with Gasteiger partial charge in [-0.2, -0.15) is 0 Å². The standard InChI is InChI=1S/C26H31Cl2N5O4S/c27-13-17-32(18-14-28)23-9-5-21(6-10-23)3-1-4-25(34)37-20-19-33(26-30-15-2-16-31-26)38(35,36)24-11-7-22(29)8-12-24/h2,5-12,15-16H,1,3-4,13-14,17-20,29H2. The van der Waals surface area contributed by atoms with Crippen LogP contribution in [-0.2, 0) is 26.0 Å². The molecule has 1 aromatic heterocycles. The van der Waals surface area contributed by atoms with Gasteiger partial charge in [-0.1, -0.05) is 12.1 Å². The van der Waals surface area contributed by atoms with E-state index >= 15 is 0 Å². The van der Waals surface area contributed by atoms with Crippen molar-refractivity contribution in [2.24, 2.45) is 0 Å². The second-order valence-corrected chi connectivity index (χ2v) is 10.9. The van der Waals surface area contributed by atoms with E-state index in [4.69, 9.17) is 33.7 Å². The van der Waals surface area contributed by atoms with Crippen LogP contribution in [0.2, 0.25) is 0 Å². The summed E-state index contributed by atoms with van der Waals surface area (Å²) in [5, 5.41) is 0. The van der Waals surface area contributed by atoms with E-state index in [0.29, 0.717) is 43.4 Å². The number of aryl methyl sites for hydroxylation is 1. The summed E-state index contributed by atoms with van der Waals surface area (Å²) < 4.78 is 32.8. The molecule has 204 valence electrons. The number of benzene rings is 2.